The molecule has 10 nitrogen and oxygen atoms in total. The monoisotopic (exact) mass is 215 g/mol. The number of rotatable bonds is 3. The smallest absolute Gasteiger partial charge is 0.225 e. The second-order valence-electron chi connectivity index (χ2n) is 2.32. The fourth-order valence-electron chi connectivity index (χ4n) is 0.750. The molecule has 0 aliphatic carbocycles. The van der Waals surface area contributed by atoms with E-state index in [1.807, 2.05) is 0 Å². The van der Waals surface area contributed by atoms with Gasteiger partial charge in [-0.25, -0.2) is 4.98 Å². The molecule has 77 valence electrons. The van der Waals surface area contributed by atoms with Crippen LogP contribution in [-0.2, 0) is 0 Å². The molecule has 2 heterocycles. The first-order valence-electron chi connectivity index (χ1n) is 3.96. The van der Waals surface area contributed by atoms with Gasteiger partial charge in [-0.15, -0.1) is 10.2 Å². The van der Waals surface area contributed by atoms with Crippen molar-refractivity contribution in [2.75, 3.05) is 0 Å². The molecule has 16 heavy (non-hydrogen) atoms. The Morgan fingerprint density at radius 1 is 0.812 bits per heavy atom. The van der Waals surface area contributed by atoms with Crippen LogP contribution in [0.4, 0.5) is 17.8 Å². The van der Waals surface area contributed by atoms with E-state index in [1.54, 1.807) is 0 Å². The van der Waals surface area contributed by atoms with Crippen molar-refractivity contribution in [3.63, 3.8) is 0 Å². The standard InChI is InChI=1S/C6H3N10/c7-14-5-11-3-12-6(13-5)16-15-4-9-1-8-2-10-4/h1-3H. The van der Waals surface area contributed by atoms with Crippen molar-refractivity contribution in [1.82, 2.24) is 35.4 Å². The summed E-state index contributed by atoms with van der Waals surface area (Å²) in [5, 5.41) is 10.0. The number of nitrogens with zero attached hydrogens (tertiary/aromatic N) is 10. The summed E-state index contributed by atoms with van der Waals surface area (Å²) in [5.41, 5.74) is 8.41. The van der Waals surface area contributed by atoms with Gasteiger partial charge in [-0.2, -0.15) is 24.9 Å². The molecule has 10 heteroatoms. The fourth-order valence-corrected chi connectivity index (χ4v) is 0.750. The largest absolute Gasteiger partial charge is 0.275 e. The van der Waals surface area contributed by atoms with Crippen LogP contribution in [-0.4, -0.2) is 29.9 Å². The Morgan fingerprint density at radius 2 is 1.44 bits per heavy atom. The lowest BCUT2D eigenvalue weighted by atomic mass is 10.9. The van der Waals surface area contributed by atoms with E-state index in [9.17, 15) is 0 Å². The summed E-state index contributed by atoms with van der Waals surface area (Å²) in [6.45, 7) is 0. The highest BCUT2D eigenvalue weighted by atomic mass is 15.3. The molecule has 0 atom stereocenters. The van der Waals surface area contributed by atoms with E-state index >= 15 is 0 Å². The normalized spacial score (nSPS) is 10.5. The van der Waals surface area contributed by atoms with Gasteiger partial charge in [0.05, 0.1) is 0 Å². The Morgan fingerprint density at radius 3 is 2.19 bits per heavy atom. The van der Waals surface area contributed by atoms with Crippen LogP contribution in [0.2, 0.25) is 0 Å². The van der Waals surface area contributed by atoms with E-state index in [-0.39, 0.29) is 17.8 Å². The maximum atomic E-state index is 8.41. The number of aromatic nitrogens is 6. The van der Waals surface area contributed by atoms with Crippen LogP contribution < -0.4 is 5.53 Å². The molecular formula is C6H3N10. The summed E-state index contributed by atoms with van der Waals surface area (Å²) in [5.74, 6) is -0.0410. The lowest BCUT2D eigenvalue weighted by molar-refractivity contribution is 0.948. The molecule has 0 aliphatic rings. The SMILES string of the molecule is [N]=Nc1ncnc(N=Nc2ncncn2)n1. The van der Waals surface area contributed by atoms with Crippen LogP contribution >= 0.6 is 0 Å². The Kier molecular flexibility index (Phi) is 2.83. The highest BCUT2D eigenvalue weighted by molar-refractivity contribution is 5.21. The molecule has 0 saturated carbocycles. The molecule has 2 rings (SSSR count). The molecule has 2 aromatic heterocycles. The lowest BCUT2D eigenvalue weighted by Crippen LogP contribution is -1.84. The predicted octanol–water partition coefficient (Wildman–Crippen LogP) is 0.356. The van der Waals surface area contributed by atoms with E-state index in [0.29, 0.717) is 0 Å². The number of azo groups is 1. The number of hydrogen-bond donors (Lipinski definition) is 0. The molecular weight excluding hydrogens is 212 g/mol. The van der Waals surface area contributed by atoms with Gasteiger partial charge >= 0.3 is 0 Å². The second-order valence-corrected chi connectivity index (χ2v) is 2.32. The Bertz CT molecular complexity index is 508. The van der Waals surface area contributed by atoms with Crippen molar-refractivity contribution < 1.29 is 0 Å². The van der Waals surface area contributed by atoms with Crippen molar-refractivity contribution in [3.05, 3.63) is 19.0 Å². The van der Waals surface area contributed by atoms with Gasteiger partial charge < -0.3 is 0 Å². The average molecular weight is 215 g/mol. The van der Waals surface area contributed by atoms with Crippen molar-refractivity contribution >= 4 is 17.8 Å². The van der Waals surface area contributed by atoms with Gasteiger partial charge in [-0.3, -0.25) is 0 Å². The molecule has 0 aliphatic heterocycles. The molecule has 0 N–H and O–H groups in total. The highest BCUT2D eigenvalue weighted by Crippen LogP contribution is 2.10. The number of hydrogen-bond acceptors (Lipinski definition) is 9. The maximum absolute atomic E-state index is 8.41. The first kappa shape index (κ1) is 9.76. The molecule has 0 saturated heterocycles. The molecule has 2 aromatic rings. The van der Waals surface area contributed by atoms with Crippen LogP contribution in [0.3, 0.4) is 0 Å². The summed E-state index contributed by atoms with van der Waals surface area (Å²) < 4.78 is 0. The molecule has 0 spiro atoms. The van der Waals surface area contributed by atoms with E-state index < -0.39 is 0 Å². The van der Waals surface area contributed by atoms with E-state index in [0.717, 1.165) is 6.33 Å². The summed E-state index contributed by atoms with van der Waals surface area (Å²) >= 11 is 0. The molecule has 0 fully saturated rings. The van der Waals surface area contributed by atoms with Gasteiger partial charge in [0, 0.05) is 0 Å². The van der Waals surface area contributed by atoms with Crippen molar-refractivity contribution in [2.45, 2.75) is 0 Å². The van der Waals surface area contributed by atoms with Crippen molar-refractivity contribution in [3.8, 4) is 0 Å². The predicted molar refractivity (Wildman–Crippen MR) is 48.1 cm³/mol. The Labute approximate surface area is 88.5 Å². The first-order valence-corrected chi connectivity index (χ1v) is 3.96. The third-order valence-corrected chi connectivity index (χ3v) is 1.34. The fraction of sp³-hybridized carbons (Fsp3) is 0. The van der Waals surface area contributed by atoms with E-state index in [1.165, 1.54) is 12.7 Å². The zero-order valence-corrected chi connectivity index (χ0v) is 7.70. The van der Waals surface area contributed by atoms with Gasteiger partial charge in [-0.05, 0) is 5.53 Å². The molecule has 1 radical (unpaired) electrons. The molecule has 0 unspecified atom stereocenters. The molecule has 0 bridgehead atoms. The Hall–Kier alpha value is -2.78. The van der Waals surface area contributed by atoms with Gasteiger partial charge in [0.1, 0.15) is 19.0 Å². The third-order valence-electron chi connectivity index (χ3n) is 1.34. The Balaban J connectivity index is 2.20. The van der Waals surface area contributed by atoms with Crippen LogP contribution in [0.5, 0.6) is 0 Å². The maximum Gasteiger partial charge on any atom is 0.275 e. The third kappa shape index (κ3) is 2.37. The quantitative estimate of drug-likeness (QED) is 0.677. The zero-order chi connectivity index (χ0) is 11.2. The van der Waals surface area contributed by atoms with Crippen molar-refractivity contribution in [1.29, 1.82) is 0 Å². The van der Waals surface area contributed by atoms with E-state index in [2.05, 4.69) is 45.2 Å². The average Bonchev–Trinajstić information content (AvgIpc) is 2.38. The second kappa shape index (κ2) is 4.63. The summed E-state index contributed by atoms with van der Waals surface area (Å²) in [7, 11) is 0. The highest BCUT2D eigenvalue weighted by Gasteiger charge is 1.98. The van der Waals surface area contributed by atoms with Crippen LogP contribution in [0.15, 0.2) is 34.3 Å². The summed E-state index contributed by atoms with van der Waals surface area (Å²) in [4.78, 5) is 21.9. The molecule has 0 amide bonds. The van der Waals surface area contributed by atoms with Crippen molar-refractivity contribution in [2.24, 2.45) is 15.3 Å². The van der Waals surface area contributed by atoms with Gasteiger partial charge in [0.25, 0.3) is 17.8 Å². The minimum absolute atomic E-state index is 0.0109. The summed E-state index contributed by atoms with van der Waals surface area (Å²) in [6.07, 6.45) is 3.70. The van der Waals surface area contributed by atoms with Gasteiger partial charge in [0.2, 0.25) is 0 Å². The van der Waals surface area contributed by atoms with Crippen LogP contribution in [0.25, 0.3) is 0 Å². The topological polar surface area (TPSA) is 137 Å². The van der Waals surface area contributed by atoms with Crippen LogP contribution in [0.1, 0.15) is 0 Å². The first-order chi connectivity index (χ1) is 7.88. The summed E-state index contributed by atoms with van der Waals surface area (Å²) in [6, 6.07) is 0. The van der Waals surface area contributed by atoms with Crippen LogP contribution in [0, 0.1) is 0 Å². The zero-order valence-electron chi connectivity index (χ0n) is 7.70. The minimum Gasteiger partial charge on any atom is -0.225 e. The van der Waals surface area contributed by atoms with E-state index in [4.69, 9.17) is 5.53 Å². The minimum atomic E-state index is -0.153. The molecule has 0 aromatic carbocycles. The lowest BCUT2D eigenvalue weighted by Gasteiger charge is -1.90. The van der Waals surface area contributed by atoms with Gasteiger partial charge in [0.15, 0.2) is 0 Å². The van der Waals surface area contributed by atoms with Gasteiger partial charge in [-0.1, -0.05) is 5.11 Å².